The van der Waals surface area contributed by atoms with Crippen molar-refractivity contribution in [1.29, 1.82) is 0 Å². The van der Waals surface area contributed by atoms with Crippen molar-refractivity contribution in [3.05, 3.63) is 16.0 Å². The Balaban J connectivity index is 1.46. The van der Waals surface area contributed by atoms with Gasteiger partial charge in [0.05, 0.1) is 32.4 Å². The van der Waals surface area contributed by atoms with Crippen LogP contribution in [-0.2, 0) is 27.1 Å². The second kappa shape index (κ2) is 10.2. The van der Waals surface area contributed by atoms with Gasteiger partial charge in [-0.2, -0.15) is 0 Å². The van der Waals surface area contributed by atoms with E-state index in [0.29, 0.717) is 10.6 Å². The predicted octanol–water partition coefficient (Wildman–Crippen LogP) is 1.66. The molecule has 1 saturated heterocycles. The summed E-state index contributed by atoms with van der Waals surface area (Å²) in [4.78, 5) is 28.1. The molecule has 27 heavy (non-hydrogen) atoms. The van der Waals surface area contributed by atoms with Crippen LogP contribution in [0.15, 0.2) is 0 Å². The third kappa shape index (κ3) is 5.51. The minimum atomic E-state index is -0.358. The molecule has 1 aliphatic carbocycles. The molecule has 7 nitrogen and oxygen atoms in total. The second-order valence-corrected chi connectivity index (χ2v) is 8.04. The number of amides is 1. The maximum atomic E-state index is 12.3. The number of carbonyl (C=O) groups excluding carboxylic acids is 2. The number of thiophene rings is 1. The van der Waals surface area contributed by atoms with Crippen molar-refractivity contribution in [3.8, 4) is 0 Å². The zero-order chi connectivity index (χ0) is 19.1. The Morgan fingerprint density at radius 3 is 2.78 bits per heavy atom. The minimum Gasteiger partial charge on any atom is -0.465 e. The van der Waals surface area contributed by atoms with Crippen molar-refractivity contribution in [3.63, 3.8) is 0 Å². The topological polar surface area (TPSA) is 79.9 Å². The molecule has 2 heterocycles. The first-order valence-corrected chi connectivity index (χ1v) is 10.5. The molecule has 3 rings (SSSR count). The summed E-state index contributed by atoms with van der Waals surface area (Å²) in [5.41, 5.74) is 1.62. The lowest BCUT2D eigenvalue weighted by Crippen LogP contribution is -2.38. The highest BCUT2D eigenvalue weighted by Gasteiger charge is 2.26. The van der Waals surface area contributed by atoms with Crippen LogP contribution in [0, 0.1) is 0 Å². The number of carbonyl (C=O) groups is 2. The summed E-state index contributed by atoms with van der Waals surface area (Å²) in [6.07, 6.45) is 5.05. The summed E-state index contributed by atoms with van der Waals surface area (Å²) in [6.45, 7) is 5.63. The molecule has 0 aromatic carbocycles. The van der Waals surface area contributed by atoms with Gasteiger partial charge in [-0.3, -0.25) is 9.69 Å². The predicted molar refractivity (Wildman–Crippen MR) is 106 cm³/mol. The number of hydrogen-bond donors (Lipinski definition) is 2. The van der Waals surface area contributed by atoms with E-state index in [9.17, 15) is 9.59 Å². The fourth-order valence-electron chi connectivity index (χ4n) is 3.60. The van der Waals surface area contributed by atoms with E-state index in [0.717, 1.165) is 77.1 Å². The van der Waals surface area contributed by atoms with Gasteiger partial charge in [0, 0.05) is 18.0 Å². The maximum absolute atomic E-state index is 12.3. The standard InChI is InChI=1S/C19H29N3O4S/c1-25-19(24)17-14-5-2-3-6-15(14)27-18(17)21-16(23)13-20-7-4-8-22-9-11-26-12-10-22/h20H,2-13H2,1H3,(H,21,23). The Bertz CT molecular complexity index is 656. The summed E-state index contributed by atoms with van der Waals surface area (Å²) in [5.74, 6) is -0.478. The first-order valence-electron chi connectivity index (χ1n) is 9.72. The minimum absolute atomic E-state index is 0.120. The average molecular weight is 396 g/mol. The molecule has 1 aromatic rings. The normalized spacial score (nSPS) is 17.4. The number of nitrogens with zero attached hydrogens (tertiary/aromatic N) is 1. The summed E-state index contributed by atoms with van der Waals surface area (Å²) in [5, 5.41) is 6.73. The lowest BCUT2D eigenvalue weighted by molar-refractivity contribution is -0.115. The number of methoxy groups -OCH3 is 1. The van der Waals surface area contributed by atoms with Gasteiger partial charge in [0.1, 0.15) is 5.00 Å². The van der Waals surface area contributed by atoms with Crippen molar-refractivity contribution in [2.75, 3.05) is 58.4 Å². The van der Waals surface area contributed by atoms with Crippen LogP contribution in [0.5, 0.6) is 0 Å². The summed E-state index contributed by atoms with van der Waals surface area (Å²) in [7, 11) is 1.39. The van der Waals surface area contributed by atoms with Crippen LogP contribution >= 0.6 is 11.3 Å². The fraction of sp³-hybridized carbons (Fsp3) is 0.684. The quantitative estimate of drug-likeness (QED) is 0.515. The van der Waals surface area contributed by atoms with Gasteiger partial charge in [0.15, 0.2) is 0 Å². The highest BCUT2D eigenvalue weighted by atomic mass is 32.1. The third-order valence-electron chi connectivity index (χ3n) is 5.03. The van der Waals surface area contributed by atoms with E-state index in [1.54, 1.807) is 0 Å². The molecule has 1 amide bonds. The van der Waals surface area contributed by atoms with Crippen molar-refractivity contribution in [2.45, 2.75) is 32.1 Å². The zero-order valence-electron chi connectivity index (χ0n) is 16.0. The molecule has 0 spiro atoms. The van der Waals surface area contributed by atoms with Crippen molar-refractivity contribution in [1.82, 2.24) is 10.2 Å². The molecule has 150 valence electrons. The van der Waals surface area contributed by atoms with E-state index in [4.69, 9.17) is 9.47 Å². The fourth-order valence-corrected chi connectivity index (χ4v) is 4.89. The van der Waals surface area contributed by atoms with E-state index in [1.807, 2.05) is 0 Å². The number of nitrogens with one attached hydrogen (secondary N) is 2. The van der Waals surface area contributed by atoms with Crippen molar-refractivity contribution in [2.24, 2.45) is 0 Å². The molecular formula is C19H29N3O4S. The number of morpholine rings is 1. The van der Waals surface area contributed by atoms with E-state index in [-0.39, 0.29) is 18.4 Å². The van der Waals surface area contributed by atoms with Crippen LogP contribution in [-0.4, -0.2) is 69.8 Å². The Morgan fingerprint density at radius 1 is 1.22 bits per heavy atom. The molecule has 8 heteroatoms. The Hall–Kier alpha value is -1.48. The smallest absolute Gasteiger partial charge is 0.341 e. The van der Waals surface area contributed by atoms with E-state index < -0.39 is 0 Å². The largest absolute Gasteiger partial charge is 0.465 e. The number of aryl methyl sites for hydroxylation is 1. The van der Waals surface area contributed by atoms with Crippen molar-refractivity contribution >= 4 is 28.2 Å². The van der Waals surface area contributed by atoms with Gasteiger partial charge >= 0.3 is 5.97 Å². The van der Waals surface area contributed by atoms with Gasteiger partial charge in [0.25, 0.3) is 0 Å². The molecule has 0 radical (unpaired) electrons. The Labute approximate surface area is 164 Å². The van der Waals surface area contributed by atoms with Crippen LogP contribution in [0.1, 0.15) is 40.1 Å². The van der Waals surface area contributed by atoms with Gasteiger partial charge in [0.2, 0.25) is 5.91 Å². The zero-order valence-corrected chi connectivity index (χ0v) is 16.8. The second-order valence-electron chi connectivity index (χ2n) is 6.94. The molecule has 1 fully saturated rings. The van der Waals surface area contributed by atoms with Gasteiger partial charge in [-0.1, -0.05) is 0 Å². The van der Waals surface area contributed by atoms with Gasteiger partial charge in [-0.15, -0.1) is 11.3 Å². The Morgan fingerprint density at radius 2 is 2.00 bits per heavy atom. The third-order valence-corrected chi connectivity index (χ3v) is 6.24. The first kappa shape index (κ1) is 20.3. The summed E-state index contributed by atoms with van der Waals surface area (Å²) in [6, 6.07) is 0. The summed E-state index contributed by atoms with van der Waals surface area (Å²) >= 11 is 1.52. The SMILES string of the molecule is COC(=O)c1c(NC(=O)CNCCCN2CCOCC2)sc2c1CCCC2. The Kier molecular flexibility index (Phi) is 7.63. The molecule has 0 unspecified atom stereocenters. The molecule has 2 aliphatic rings. The van der Waals surface area contributed by atoms with Crippen LogP contribution in [0.3, 0.4) is 0 Å². The van der Waals surface area contributed by atoms with E-state index in [1.165, 1.54) is 23.3 Å². The lowest BCUT2D eigenvalue weighted by Gasteiger charge is -2.26. The van der Waals surface area contributed by atoms with Gasteiger partial charge < -0.3 is 20.1 Å². The molecule has 1 aliphatic heterocycles. The van der Waals surface area contributed by atoms with Crippen LogP contribution in [0.25, 0.3) is 0 Å². The molecule has 0 saturated carbocycles. The van der Waals surface area contributed by atoms with Gasteiger partial charge in [-0.25, -0.2) is 4.79 Å². The van der Waals surface area contributed by atoms with Crippen LogP contribution < -0.4 is 10.6 Å². The number of anilines is 1. The highest BCUT2D eigenvalue weighted by Crippen LogP contribution is 2.38. The molecule has 2 N–H and O–H groups in total. The highest BCUT2D eigenvalue weighted by molar-refractivity contribution is 7.17. The van der Waals surface area contributed by atoms with Gasteiger partial charge in [-0.05, 0) is 50.8 Å². The molecular weight excluding hydrogens is 366 g/mol. The lowest BCUT2D eigenvalue weighted by atomic mass is 9.95. The molecule has 0 atom stereocenters. The first-order chi connectivity index (χ1) is 13.2. The molecule has 1 aromatic heterocycles. The van der Waals surface area contributed by atoms with Crippen LogP contribution in [0.4, 0.5) is 5.00 Å². The number of hydrogen-bond acceptors (Lipinski definition) is 7. The van der Waals surface area contributed by atoms with E-state index in [2.05, 4.69) is 15.5 Å². The maximum Gasteiger partial charge on any atom is 0.341 e. The number of ether oxygens (including phenoxy) is 2. The molecule has 0 bridgehead atoms. The van der Waals surface area contributed by atoms with Crippen LogP contribution in [0.2, 0.25) is 0 Å². The van der Waals surface area contributed by atoms with Crippen molar-refractivity contribution < 1.29 is 19.1 Å². The number of esters is 1. The van der Waals surface area contributed by atoms with E-state index >= 15 is 0 Å². The number of rotatable bonds is 8. The average Bonchev–Trinajstić information content (AvgIpc) is 3.05. The number of fused-ring (bicyclic) bond motifs is 1. The monoisotopic (exact) mass is 395 g/mol. The summed E-state index contributed by atoms with van der Waals surface area (Å²) < 4.78 is 10.3.